The molecular formula is C28H34FN3O4. The van der Waals surface area contributed by atoms with Gasteiger partial charge in [0.05, 0.1) is 23.3 Å². The number of para-hydroxylation sites is 2. The molecule has 1 amide bonds. The summed E-state index contributed by atoms with van der Waals surface area (Å²) in [6, 6.07) is 16.5. The van der Waals surface area contributed by atoms with Crippen molar-refractivity contribution < 1.29 is 23.8 Å². The number of aromatic nitrogens is 2. The highest BCUT2D eigenvalue weighted by atomic mass is 19.1. The van der Waals surface area contributed by atoms with Crippen molar-refractivity contribution in [3.63, 3.8) is 0 Å². The molecule has 3 atom stereocenters. The fourth-order valence-corrected chi connectivity index (χ4v) is 3.99. The topological polar surface area (TPSA) is 101 Å². The summed E-state index contributed by atoms with van der Waals surface area (Å²) in [5.74, 6) is -1.61. The monoisotopic (exact) mass is 495 g/mol. The Morgan fingerprint density at radius 2 is 1.75 bits per heavy atom. The van der Waals surface area contributed by atoms with Crippen LogP contribution >= 0.6 is 0 Å². The lowest BCUT2D eigenvalue weighted by Gasteiger charge is -2.27. The largest absolute Gasteiger partial charge is 0.454 e. The summed E-state index contributed by atoms with van der Waals surface area (Å²) in [4.78, 5) is 34.3. The van der Waals surface area contributed by atoms with Crippen LogP contribution in [0.5, 0.6) is 0 Å². The second-order valence-corrected chi connectivity index (χ2v) is 9.53. The first-order valence-corrected chi connectivity index (χ1v) is 12.3. The third-order valence-corrected chi connectivity index (χ3v) is 5.96. The van der Waals surface area contributed by atoms with Crippen molar-refractivity contribution in [2.45, 2.75) is 64.3 Å². The van der Waals surface area contributed by atoms with Crippen molar-refractivity contribution in [2.75, 3.05) is 6.54 Å². The Morgan fingerprint density at radius 1 is 1.08 bits per heavy atom. The normalized spacial score (nSPS) is 14.1. The minimum absolute atomic E-state index is 0.0239. The first-order chi connectivity index (χ1) is 17.2. The van der Waals surface area contributed by atoms with E-state index in [2.05, 4.69) is 15.3 Å². The van der Waals surface area contributed by atoms with Crippen LogP contribution in [0.25, 0.3) is 11.0 Å². The SMILES string of the molecule is CCNC(=O)C(CCC(C)(C)F)C[C@H](O)[C@H](Cc1ccccc1)OC(=O)c1cnc2ccccc2n1. The standard InChI is InChI=1S/C28H34FN3O4/c1-4-30-26(34)20(14-15-28(2,3)29)17-24(33)25(16-19-10-6-5-7-11-19)36-27(35)23-18-31-21-12-8-9-13-22(21)32-23/h5-13,18,20,24-25,33H,4,14-17H2,1-3H3,(H,30,34)/t20?,24-,25-/m0/s1. The first kappa shape index (κ1) is 27.2. The Morgan fingerprint density at radius 3 is 2.42 bits per heavy atom. The molecule has 0 saturated carbocycles. The zero-order valence-electron chi connectivity index (χ0n) is 21.0. The average molecular weight is 496 g/mol. The molecule has 3 rings (SSSR count). The lowest BCUT2D eigenvalue weighted by Crippen LogP contribution is -2.39. The Kier molecular flexibility index (Phi) is 9.47. The van der Waals surface area contributed by atoms with Gasteiger partial charge in [0.2, 0.25) is 5.91 Å². The summed E-state index contributed by atoms with van der Waals surface area (Å²) in [7, 11) is 0. The Bertz CT molecular complexity index is 1150. The highest BCUT2D eigenvalue weighted by Crippen LogP contribution is 2.25. The van der Waals surface area contributed by atoms with Gasteiger partial charge in [-0.25, -0.2) is 14.2 Å². The van der Waals surface area contributed by atoms with Crippen LogP contribution in [0, 0.1) is 5.92 Å². The van der Waals surface area contributed by atoms with E-state index < -0.39 is 29.8 Å². The molecule has 36 heavy (non-hydrogen) atoms. The third kappa shape index (κ3) is 8.09. The van der Waals surface area contributed by atoms with E-state index in [1.54, 1.807) is 25.1 Å². The molecule has 0 fully saturated rings. The number of ether oxygens (including phenoxy) is 1. The van der Waals surface area contributed by atoms with Crippen LogP contribution in [0.3, 0.4) is 0 Å². The van der Waals surface area contributed by atoms with Gasteiger partial charge in [0.25, 0.3) is 0 Å². The Hall–Kier alpha value is -3.39. The van der Waals surface area contributed by atoms with Crippen molar-refractivity contribution in [3.8, 4) is 0 Å². The number of aliphatic hydroxyl groups excluding tert-OH is 1. The van der Waals surface area contributed by atoms with Crippen LogP contribution < -0.4 is 5.32 Å². The molecule has 0 aliphatic rings. The van der Waals surface area contributed by atoms with Crippen molar-refractivity contribution in [2.24, 2.45) is 5.92 Å². The first-order valence-electron chi connectivity index (χ1n) is 12.3. The molecular weight excluding hydrogens is 461 g/mol. The fourth-order valence-electron chi connectivity index (χ4n) is 3.99. The molecule has 0 aliphatic carbocycles. The molecule has 2 N–H and O–H groups in total. The van der Waals surface area contributed by atoms with Gasteiger partial charge in [0, 0.05) is 18.9 Å². The van der Waals surface area contributed by atoms with E-state index >= 15 is 0 Å². The molecule has 3 aromatic rings. The number of esters is 1. The lowest BCUT2D eigenvalue weighted by molar-refractivity contribution is -0.127. The van der Waals surface area contributed by atoms with Gasteiger partial charge in [-0.2, -0.15) is 0 Å². The van der Waals surface area contributed by atoms with Gasteiger partial charge in [-0.3, -0.25) is 9.78 Å². The lowest BCUT2D eigenvalue weighted by atomic mass is 9.88. The maximum absolute atomic E-state index is 14.2. The van der Waals surface area contributed by atoms with Gasteiger partial charge in [0.15, 0.2) is 5.69 Å². The van der Waals surface area contributed by atoms with Crippen molar-refractivity contribution in [1.82, 2.24) is 15.3 Å². The van der Waals surface area contributed by atoms with Crippen LogP contribution in [0.15, 0.2) is 60.8 Å². The number of nitrogens with one attached hydrogen (secondary N) is 1. The number of aliphatic hydroxyl groups is 1. The molecule has 0 aliphatic heterocycles. The summed E-state index contributed by atoms with van der Waals surface area (Å²) in [6.07, 6.45) is -0.0633. The van der Waals surface area contributed by atoms with Crippen LogP contribution in [0.4, 0.5) is 4.39 Å². The molecule has 192 valence electrons. The van der Waals surface area contributed by atoms with Crippen molar-refractivity contribution in [1.29, 1.82) is 0 Å². The summed E-state index contributed by atoms with van der Waals surface area (Å²) in [5, 5.41) is 13.9. The smallest absolute Gasteiger partial charge is 0.358 e. The van der Waals surface area contributed by atoms with Gasteiger partial charge in [0.1, 0.15) is 11.8 Å². The molecule has 0 bridgehead atoms. The van der Waals surface area contributed by atoms with Gasteiger partial charge in [-0.05, 0) is 57.7 Å². The number of nitrogens with zero attached hydrogens (tertiary/aromatic N) is 2. The van der Waals surface area contributed by atoms with Crippen molar-refractivity contribution >= 4 is 22.9 Å². The van der Waals surface area contributed by atoms with E-state index in [-0.39, 0.29) is 37.3 Å². The van der Waals surface area contributed by atoms with E-state index in [1.165, 1.54) is 20.0 Å². The highest BCUT2D eigenvalue weighted by molar-refractivity contribution is 5.89. The average Bonchev–Trinajstić information content (AvgIpc) is 2.85. The molecule has 1 unspecified atom stereocenters. The number of hydrogen-bond acceptors (Lipinski definition) is 6. The van der Waals surface area contributed by atoms with Crippen LogP contribution in [-0.4, -0.2) is 51.4 Å². The second-order valence-electron chi connectivity index (χ2n) is 9.53. The summed E-state index contributed by atoms with van der Waals surface area (Å²) < 4.78 is 19.9. The number of halogens is 1. The number of rotatable bonds is 12. The predicted octanol–water partition coefficient (Wildman–Crippen LogP) is 4.43. The van der Waals surface area contributed by atoms with Crippen LogP contribution in [-0.2, 0) is 16.0 Å². The number of carbonyl (C=O) groups is 2. The zero-order chi connectivity index (χ0) is 26.1. The van der Waals surface area contributed by atoms with Crippen LogP contribution in [0.2, 0.25) is 0 Å². The second kappa shape index (κ2) is 12.5. The number of carbonyl (C=O) groups excluding carboxylic acids is 2. The molecule has 0 spiro atoms. The molecule has 2 aromatic carbocycles. The fraction of sp³-hybridized carbons (Fsp3) is 0.429. The third-order valence-electron chi connectivity index (χ3n) is 5.96. The summed E-state index contributed by atoms with van der Waals surface area (Å²) in [6.45, 7) is 5.15. The number of fused-ring (bicyclic) bond motifs is 1. The van der Waals surface area contributed by atoms with E-state index in [9.17, 15) is 19.1 Å². The maximum atomic E-state index is 14.2. The highest BCUT2D eigenvalue weighted by Gasteiger charge is 2.31. The minimum Gasteiger partial charge on any atom is -0.454 e. The van der Waals surface area contributed by atoms with Gasteiger partial charge in [-0.15, -0.1) is 0 Å². The quantitative estimate of drug-likeness (QED) is 0.361. The number of benzene rings is 2. The zero-order valence-corrected chi connectivity index (χ0v) is 21.0. The van der Waals surface area contributed by atoms with E-state index in [0.29, 0.717) is 17.6 Å². The minimum atomic E-state index is -1.44. The Labute approximate surface area is 211 Å². The molecule has 0 saturated heterocycles. The van der Waals surface area contributed by atoms with Crippen molar-refractivity contribution in [3.05, 3.63) is 72.1 Å². The predicted molar refractivity (Wildman–Crippen MR) is 136 cm³/mol. The van der Waals surface area contributed by atoms with Gasteiger partial charge in [-0.1, -0.05) is 42.5 Å². The number of amides is 1. The molecule has 1 heterocycles. The summed E-state index contributed by atoms with van der Waals surface area (Å²) in [5.41, 5.74) is 0.643. The van der Waals surface area contributed by atoms with Gasteiger partial charge < -0.3 is 15.2 Å². The molecule has 0 radical (unpaired) electrons. The van der Waals surface area contributed by atoms with Crippen LogP contribution in [0.1, 0.15) is 56.1 Å². The molecule has 1 aromatic heterocycles. The molecule has 7 nitrogen and oxygen atoms in total. The van der Waals surface area contributed by atoms with Gasteiger partial charge >= 0.3 is 5.97 Å². The number of hydrogen-bond donors (Lipinski definition) is 2. The maximum Gasteiger partial charge on any atom is 0.358 e. The van der Waals surface area contributed by atoms with E-state index in [0.717, 1.165) is 5.56 Å². The van der Waals surface area contributed by atoms with E-state index in [4.69, 9.17) is 4.74 Å². The number of alkyl halides is 1. The molecule has 8 heteroatoms. The summed E-state index contributed by atoms with van der Waals surface area (Å²) >= 11 is 0. The Balaban J connectivity index is 1.80. The van der Waals surface area contributed by atoms with E-state index in [1.807, 2.05) is 36.4 Å².